The van der Waals surface area contributed by atoms with Gasteiger partial charge in [0.05, 0.1) is 17.6 Å². The van der Waals surface area contributed by atoms with E-state index in [1.807, 2.05) is 55.5 Å². The van der Waals surface area contributed by atoms with Crippen molar-refractivity contribution >= 4 is 34.7 Å². The number of carbonyl (C=O) groups is 2. The minimum Gasteiger partial charge on any atom is -0.358 e. The summed E-state index contributed by atoms with van der Waals surface area (Å²) in [7, 11) is 1.80. The second kappa shape index (κ2) is 10.6. The highest BCUT2D eigenvalue weighted by molar-refractivity contribution is 6.05. The average Bonchev–Trinajstić information content (AvgIpc) is 2.87. The number of aromatic nitrogens is 1. The molecule has 2 amide bonds. The maximum atomic E-state index is 12.7. The number of rotatable bonds is 8. The molecule has 182 valence electrons. The van der Waals surface area contributed by atoms with Crippen molar-refractivity contribution in [2.45, 2.75) is 39.8 Å². The number of hydrogen-bond acceptors (Lipinski definition) is 5. The third-order valence-corrected chi connectivity index (χ3v) is 6.35. The van der Waals surface area contributed by atoms with E-state index in [0.717, 1.165) is 35.6 Å². The van der Waals surface area contributed by atoms with Crippen LogP contribution in [0.5, 0.6) is 0 Å². The Kier molecular flexibility index (Phi) is 7.34. The van der Waals surface area contributed by atoms with Gasteiger partial charge in [-0.05, 0) is 49.1 Å². The van der Waals surface area contributed by atoms with Crippen LogP contribution in [0.2, 0.25) is 0 Å². The summed E-state index contributed by atoms with van der Waals surface area (Å²) >= 11 is 0. The van der Waals surface area contributed by atoms with E-state index in [1.165, 1.54) is 0 Å². The predicted octanol–water partition coefficient (Wildman–Crippen LogP) is 4.97. The maximum absolute atomic E-state index is 12.7. The highest BCUT2D eigenvalue weighted by Crippen LogP contribution is 2.37. The fraction of sp³-hybridized carbons (Fsp3) is 0.321. The second-order valence-electron chi connectivity index (χ2n) is 9.38. The Balaban J connectivity index is 1.46. The molecule has 1 unspecified atom stereocenters. The number of nitrogens with one attached hydrogen (secondary N) is 2. The molecule has 2 N–H and O–H groups in total. The zero-order valence-electron chi connectivity index (χ0n) is 20.8. The number of anilines is 4. The van der Waals surface area contributed by atoms with Gasteiger partial charge >= 0.3 is 0 Å². The SMILES string of the molecule is CC(C)CCN1c2cc(Nc3ccc(C(=O)NCc4ccccc4)cc3)ncc2N(C)C(=O)C1C. The molecule has 0 aliphatic carbocycles. The molecule has 2 aromatic carbocycles. The van der Waals surface area contributed by atoms with Gasteiger partial charge in [-0.2, -0.15) is 0 Å². The zero-order valence-corrected chi connectivity index (χ0v) is 20.8. The summed E-state index contributed by atoms with van der Waals surface area (Å²) in [5.74, 6) is 1.19. The fourth-order valence-corrected chi connectivity index (χ4v) is 4.18. The first-order chi connectivity index (χ1) is 16.8. The topological polar surface area (TPSA) is 77.6 Å². The molecule has 7 nitrogen and oxygen atoms in total. The van der Waals surface area contributed by atoms with Gasteiger partial charge in [-0.3, -0.25) is 9.59 Å². The molecule has 0 fully saturated rings. The summed E-state index contributed by atoms with van der Waals surface area (Å²) in [6.45, 7) is 7.63. The van der Waals surface area contributed by atoms with Crippen molar-refractivity contribution in [3.63, 3.8) is 0 Å². The number of likely N-dealkylation sites (N-methyl/N-ethyl adjacent to an activating group) is 1. The molecule has 7 heteroatoms. The first kappa shape index (κ1) is 24.3. The number of carbonyl (C=O) groups excluding carboxylic acids is 2. The largest absolute Gasteiger partial charge is 0.358 e. The van der Waals surface area contributed by atoms with E-state index in [9.17, 15) is 9.59 Å². The first-order valence-electron chi connectivity index (χ1n) is 12.1. The number of amides is 2. The lowest BCUT2D eigenvalue weighted by molar-refractivity contribution is -0.119. The van der Waals surface area contributed by atoms with Gasteiger partial charge in [0.25, 0.3) is 5.91 Å². The van der Waals surface area contributed by atoms with Crippen LogP contribution in [0, 0.1) is 5.92 Å². The van der Waals surface area contributed by atoms with Crippen molar-refractivity contribution in [1.82, 2.24) is 10.3 Å². The smallest absolute Gasteiger partial charge is 0.251 e. The summed E-state index contributed by atoms with van der Waals surface area (Å²) in [6.07, 6.45) is 2.74. The highest BCUT2D eigenvalue weighted by atomic mass is 16.2. The summed E-state index contributed by atoms with van der Waals surface area (Å²) in [5.41, 5.74) is 4.29. The lowest BCUT2D eigenvalue weighted by atomic mass is 10.1. The van der Waals surface area contributed by atoms with Crippen LogP contribution in [-0.4, -0.2) is 36.4 Å². The molecule has 0 radical (unpaired) electrons. The fourth-order valence-electron chi connectivity index (χ4n) is 4.18. The Morgan fingerprint density at radius 3 is 2.46 bits per heavy atom. The zero-order chi connectivity index (χ0) is 24.9. The molecule has 0 saturated carbocycles. The quantitative estimate of drug-likeness (QED) is 0.485. The van der Waals surface area contributed by atoms with E-state index in [2.05, 4.69) is 34.4 Å². The Bertz CT molecular complexity index is 1180. The van der Waals surface area contributed by atoms with Gasteiger partial charge in [0.2, 0.25) is 5.91 Å². The number of fused-ring (bicyclic) bond motifs is 1. The van der Waals surface area contributed by atoms with Crippen LogP contribution in [0.1, 0.15) is 43.1 Å². The average molecular weight is 472 g/mol. The molecule has 1 aromatic heterocycles. The molecule has 2 heterocycles. The molecule has 3 aromatic rings. The maximum Gasteiger partial charge on any atom is 0.251 e. The molecule has 35 heavy (non-hydrogen) atoms. The van der Waals surface area contributed by atoms with Crippen molar-refractivity contribution in [2.24, 2.45) is 5.92 Å². The van der Waals surface area contributed by atoms with E-state index in [-0.39, 0.29) is 17.9 Å². The Morgan fingerprint density at radius 1 is 1.06 bits per heavy atom. The minimum atomic E-state index is -0.227. The summed E-state index contributed by atoms with van der Waals surface area (Å²) in [4.78, 5) is 33.6. The molecule has 0 spiro atoms. The molecule has 0 bridgehead atoms. The van der Waals surface area contributed by atoms with E-state index in [4.69, 9.17) is 0 Å². The Morgan fingerprint density at radius 2 is 1.77 bits per heavy atom. The van der Waals surface area contributed by atoms with Crippen molar-refractivity contribution in [3.8, 4) is 0 Å². The van der Waals surface area contributed by atoms with Gasteiger partial charge in [-0.1, -0.05) is 44.2 Å². The molecule has 1 aliphatic heterocycles. The second-order valence-corrected chi connectivity index (χ2v) is 9.38. The minimum absolute atomic E-state index is 0.0740. The molecule has 1 atom stereocenters. The van der Waals surface area contributed by atoms with Crippen LogP contribution in [0.4, 0.5) is 22.9 Å². The monoisotopic (exact) mass is 471 g/mol. The normalized spacial score (nSPS) is 15.2. The van der Waals surface area contributed by atoms with Crippen LogP contribution in [-0.2, 0) is 11.3 Å². The van der Waals surface area contributed by atoms with Crippen LogP contribution in [0.15, 0.2) is 66.9 Å². The number of nitrogens with zero attached hydrogens (tertiary/aromatic N) is 3. The summed E-state index contributed by atoms with van der Waals surface area (Å²) in [5, 5.41) is 6.28. The first-order valence-corrected chi connectivity index (χ1v) is 12.1. The van der Waals surface area contributed by atoms with E-state index >= 15 is 0 Å². The van der Waals surface area contributed by atoms with E-state index in [1.54, 1.807) is 30.3 Å². The molecular weight excluding hydrogens is 438 g/mol. The van der Waals surface area contributed by atoms with Gasteiger partial charge in [0.15, 0.2) is 0 Å². The van der Waals surface area contributed by atoms with Crippen molar-refractivity contribution in [1.29, 1.82) is 0 Å². The summed E-state index contributed by atoms with van der Waals surface area (Å²) in [6, 6.07) is 18.9. The van der Waals surface area contributed by atoms with Crippen molar-refractivity contribution < 1.29 is 9.59 Å². The van der Waals surface area contributed by atoms with Gasteiger partial charge in [-0.25, -0.2) is 4.98 Å². The van der Waals surface area contributed by atoms with Crippen LogP contribution in [0.25, 0.3) is 0 Å². The molecule has 1 aliphatic rings. The van der Waals surface area contributed by atoms with E-state index < -0.39 is 0 Å². The third-order valence-electron chi connectivity index (χ3n) is 6.35. The van der Waals surface area contributed by atoms with Crippen molar-refractivity contribution in [3.05, 3.63) is 78.0 Å². The van der Waals surface area contributed by atoms with Crippen LogP contribution < -0.4 is 20.4 Å². The van der Waals surface area contributed by atoms with Crippen LogP contribution in [0.3, 0.4) is 0 Å². The molecule has 0 saturated heterocycles. The van der Waals surface area contributed by atoms with Crippen molar-refractivity contribution in [2.75, 3.05) is 28.7 Å². The molecular formula is C28H33N5O2. The standard InChI is InChI=1S/C28H33N5O2/c1-19(2)14-15-33-20(3)28(35)32(4)25-18-29-26(16-24(25)33)31-23-12-10-22(11-13-23)27(34)30-17-21-8-6-5-7-9-21/h5-13,16,18-20H,14-15,17H2,1-4H3,(H,29,31)(H,30,34). The lowest BCUT2D eigenvalue weighted by Gasteiger charge is -2.40. The van der Waals surface area contributed by atoms with Gasteiger partial charge in [0.1, 0.15) is 11.9 Å². The lowest BCUT2D eigenvalue weighted by Crippen LogP contribution is -2.51. The van der Waals surface area contributed by atoms with Gasteiger partial charge in [0, 0.05) is 37.5 Å². The Hall–Kier alpha value is -3.87. The summed E-state index contributed by atoms with van der Waals surface area (Å²) < 4.78 is 0. The highest BCUT2D eigenvalue weighted by Gasteiger charge is 2.33. The predicted molar refractivity (Wildman–Crippen MR) is 141 cm³/mol. The third kappa shape index (κ3) is 5.62. The van der Waals surface area contributed by atoms with Crippen LogP contribution >= 0.6 is 0 Å². The van der Waals surface area contributed by atoms with Gasteiger partial charge < -0.3 is 20.4 Å². The number of hydrogen-bond donors (Lipinski definition) is 2. The molecule has 4 rings (SSSR count). The number of benzene rings is 2. The number of pyridine rings is 1. The Labute approximate surface area is 207 Å². The van der Waals surface area contributed by atoms with E-state index in [0.29, 0.717) is 23.8 Å². The van der Waals surface area contributed by atoms with Gasteiger partial charge in [-0.15, -0.1) is 0 Å².